The van der Waals surface area contributed by atoms with Crippen molar-refractivity contribution in [3.8, 4) is 0 Å². The summed E-state index contributed by atoms with van der Waals surface area (Å²) in [6, 6.07) is 3.70. The number of halogens is 1. The molecule has 0 saturated heterocycles. The molecule has 0 aromatic carbocycles. The second-order valence-electron chi connectivity index (χ2n) is 5.60. The van der Waals surface area contributed by atoms with Crippen LogP contribution < -0.4 is 5.32 Å². The lowest BCUT2D eigenvalue weighted by atomic mass is 10.0. The topological polar surface area (TPSA) is 42.0 Å². The summed E-state index contributed by atoms with van der Waals surface area (Å²) < 4.78 is 0. The van der Waals surface area contributed by atoms with E-state index in [1.54, 1.807) is 12.1 Å². The molecule has 1 aliphatic carbocycles. The van der Waals surface area contributed by atoms with Crippen LogP contribution >= 0.6 is 11.6 Å². The number of pyridine rings is 1. The molecule has 0 radical (unpaired) electrons. The standard InChI is InChI=1S/C15H21ClN2O/c1-10-4-3-5-13(7-6-10)18-15(19)12-8-11(2)17-14(16)9-12/h8-10,13H,3-7H2,1-2H3,(H,18,19). The second-order valence-corrected chi connectivity index (χ2v) is 5.99. The molecule has 1 aromatic heterocycles. The van der Waals surface area contributed by atoms with E-state index in [-0.39, 0.29) is 5.91 Å². The number of hydrogen-bond acceptors (Lipinski definition) is 2. The fourth-order valence-corrected chi connectivity index (χ4v) is 2.91. The van der Waals surface area contributed by atoms with Gasteiger partial charge in [-0.3, -0.25) is 4.79 Å². The maximum absolute atomic E-state index is 12.2. The zero-order valence-electron chi connectivity index (χ0n) is 11.6. The van der Waals surface area contributed by atoms with Gasteiger partial charge < -0.3 is 5.32 Å². The Morgan fingerprint density at radius 1 is 1.32 bits per heavy atom. The predicted octanol–water partition coefficient (Wildman–Crippen LogP) is 3.74. The Labute approximate surface area is 119 Å². The molecule has 104 valence electrons. The maximum Gasteiger partial charge on any atom is 0.251 e. The Morgan fingerprint density at radius 3 is 2.84 bits per heavy atom. The molecule has 1 aliphatic rings. The van der Waals surface area contributed by atoms with Gasteiger partial charge >= 0.3 is 0 Å². The zero-order valence-corrected chi connectivity index (χ0v) is 12.3. The van der Waals surface area contributed by atoms with Crippen molar-refractivity contribution in [3.05, 3.63) is 28.5 Å². The third kappa shape index (κ3) is 4.20. The number of rotatable bonds is 2. The van der Waals surface area contributed by atoms with Crippen LogP contribution in [0.1, 0.15) is 55.1 Å². The fraction of sp³-hybridized carbons (Fsp3) is 0.600. The summed E-state index contributed by atoms with van der Waals surface area (Å²) in [6.07, 6.45) is 5.81. The van der Waals surface area contributed by atoms with Crippen LogP contribution in [-0.4, -0.2) is 16.9 Å². The zero-order chi connectivity index (χ0) is 13.8. The minimum absolute atomic E-state index is 0.0352. The predicted molar refractivity (Wildman–Crippen MR) is 77.5 cm³/mol. The highest BCUT2D eigenvalue weighted by atomic mass is 35.5. The van der Waals surface area contributed by atoms with Gasteiger partial charge in [0.2, 0.25) is 0 Å². The molecule has 1 saturated carbocycles. The van der Waals surface area contributed by atoms with Crippen LogP contribution in [0.25, 0.3) is 0 Å². The summed E-state index contributed by atoms with van der Waals surface area (Å²) in [7, 11) is 0. The number of aryl methyl sites for hydroxylation is 1. The first-order chi connectivity index (χ1) is 9.04. The molecule has 1 N–H and O–H groups in total. The SMILES string of the molecule is Cc1cc(C(=O)NC2CCCC(C)CC2)cc(Cl)n1. The molecular formula is C15H21ClN2O. The minimum Gasteiger partial charge on any atom is -0.349 e. The van der Waals surface area contributed by atoms with Crippen molar-refractivity contribution >= 4 is 17.5 Å². The Hall–Kier alpha value is -1.09. The van der Waals surface area contributed by atoms with E-state index < -0.39 is 0 Å². The van der Waals surface area contributed by atoms with Gasteiger partial charge in [0, 0.05) is 17.3 Å². The summed E-state index contributed by atoms with van der Waals surface area (Å²) in [5.41, 5.74) is 1.38. The molecule has 2 unspecified atom stereocenters. The van der Waals surface area contributed by atoms with Crippen LogP contribution in [0.15, 0.2) is 12.1 Å². The first kappa shape index (κ1) is 14.3. The number of carbonyl (C=O) groups excluding carboxylic acids is 1. The quantitative estimate of drug-likeness (QED) is 0.662. The van der Waals surface area contributed by atoms with E-state index in [1.807, 2.05) is 6.92 Å². The van der Waals surface area contributed by atoms with Crippen molar-refractivity contribution in [2.24, 2.45) is 5.92 Å². The number of amides is 1. The number of aromatic nitrogens is 1. The van der Waals surface area contributed by atoms with E-state index in [4.69, 9.17) is 11.6 Å². The van der Waals surface area contributed by atoms with E-state index in [2.05, 4.69) is 17.2 Å². The van der Waals surface area contributed by atoms with E-state index in [1.165, 1.54) is 19.3 Å². The third-order valence-corrected chi connectivity index (χ3v) is 3.97. The van der Waals surface area contributed by atoms with Crippen LogP contribution in [0.4, 0.5) is 0 Å². The lowest BCUT2D eigenvalue weighted by Gasteiger charge is -2.16. The molecule has 3 nitrogen and oxygen atoms in total. The summed E-state index contributed by atoms with van der Waals surface area (Å²) in [5, 5.41) is 3.50. The molecule has 2 rings (SSSR count). The van der Waals surface area contributed by atoms with Crippen LogP contribution in [0.2, 0.25) is 5.15 Å². The highest BCUT2D eigenvalue weighted by Gasteiger charge is 2.18. The average Bonchev–Trinajstić information content (AvgIpc) is 2.53. The van der Waals surface area contributed by atoms with Gasteiger partial charge in [-0.25, -0.2) is 4.98 Å². The van der Waals surface area contributed by atoms with Crippen molar-refractivity contribution in [3.63, 3.8) is 0 Å². The molecule has 1 aromatic rings. The van der Waals surface area contributed by atoms with Crippen molar-refractivity contribution in [2.45, 2.75) is 52.0 Å². The lowest BCUT2D eigenvalue weighted by Crippen LogP contribution is -2.34. The van der Waals surface area contributed by atoms with Gasteiger partial charge in [-0.2, -0.15) is 0 Å². The van der Waals surface area contributed by atoms with Crippen LogP contribution in [0, 0.1) is 12.8 Å². The monoisotopic (exact) mass is 280 g/mol. The Balaban J connectivity index is 2.00. The first-order valence-corrected chi connectivity index (χ1v) is 7.37. The second kappa shape index (κ2) is 6.38. The molecule has 2 atom stereocenters. The molecule has 0 spiro atoms. The number of carbonyl (C=O) groups is 1. The normalized spacial score (nSPS) is 23.7. The Kier molecular flexibility index (Phi) is 4.81. The molecule has 19 heavy (non-hydrogen) atoms. The molecular weight excluding hydrogens is 260 g/mol. The van der Waals surface area contributed by atoms with E-state index in [0.29, 0.717) is 16.8 Å². The van der Waals surface area contributed by atoms with Crippen molar-refractivity contribution in [1.82, 2.24) is 10.3 Å². The number of nitrogens with zero attached hydrogens (tertiary/aromatic N) is 1. The van der Waals surface area contributed by atoms with E-state index in [0.717, 1.165) is 24.5 Å². The molecule has 0 bridgehead atoms. The molecule has 1 heterocycles. The van der Waals surface area contributed by atoms with Crippen molar-refractivity contribution in [2.75, 3.05) is 0 Å². The molecule has 1 amide bonds. The summed E-state index contributed by atoms with van der Waals surface area (Å²) in [6.45, 7) is 4.13. The number of nitrogens with one attached hydrogen (secondary N) is 1. The van der Waals surface area contributed by atoms with Crippen LogP contribution in [0.5, 0.6) is 0 Å². The third-order valence-electron chi connectivity index (χ3n) is 3.78. The lowest BCUT2D eigenvalue weighted by molar-refractivity contribution is 0.0933. The maximum atomic E-state index is 12.2. The fourth-order valence-electron chi connectivity index (χ4n) is 2.66. The van der Waals surface area contributed by atoms with Crippen LogP contribution in [-0.2, 0) is 0 Å². The highest BCUT2D eigenvalue weighted by Crippen LogP contribution is 2.23. The van der Waals surface area contributed by atoms with Crippen molar-refractivity contribution < 1.29 is 4.79 Å². The average molecular weight is 281 g/mol. The van der Waals surface area contributed by atoms with Gasteiger partial charge in [0.15, 0.2) is 0 Å². The molecule has 4 heteroatoms. The van der Waals surface area contributed by atoms with Gasteiger partial charge in [0.1, 0.15) is 5.15 Å². The largest absolute Gasteiger partial charge is 0.349 e. The first-order valence-electron chi connectivity index (χ1n) is 6.99. The minimum atomic E-state index is -0.0352. The van der Waals surface area contributed by atoms with Gasteiger partial charge in [0.25, 0.3) is 5.91 Å². The Bertz CT molecular complexity index is 441. The van der Waals surface area contributed by atoms with Gasteiger partial charge in [-0.05, 0) is 44.2 Å². The van der Waals surface area contributed by atoms with Gasteiger partial charge in [-0.15, -0.1) is 0 Å². The van der Waals surface area contributed by atoms with Crippen molar-refractivity contribution in [1.29, 1.82) is 0 Å². The highest BCUT2D eigenvalue weighted by molar-refractivity contribution is 6.29. The van der Waals surface area contributed by atoms with Crippen LogP contribution in [0.3, 0.4) is 0 Å². The van der Waals surface area contributed by atoms with Gasteiger partial charge in [-0.1, -0.05) is 31.4 Å². The summed E-state index contributed by atoms with van der Waals surface area (Å²) >= 11 is 5.89. The van der Waals surface area contributed by atoms with Gasteiger partial charge in [0.05, 0.1) is 0 Å². The molecule has 1 fully saturated rings. The molecule has 0 aliphatic heterocycles. The van der Waals surface area contributed by atoms with E-state index >= 15 is 0 Å². The Morgan fingerprint density at radius 2 is 2.11 bits per heavy atom. The smallest absolute Gasteiger partial charge is 0.251 e. The van der Waals surface area contributed by atoms with E-state index in [9.17, 15) is 4.79 Å². The summed E-state index contributed by atoms with van der Waals surface area (Å²) in [5.74, 6) is 0.742. The summed E-state index contributed by atoms with van der Waals surface area (Å²) in [4.78, 5) is 16.3. The number of hydrogen-bond donors (Lipinski definition) is 1.